The summed E-state index contributed by atoms with van der Waals surface area (Å²) in [5, 5.41) is 0. The van der Waals surface area contributed by atoms with Gasteiger partial charge in [0.2, 0.25) is 5.91 Å². The van der Waals surface area contributed by atoms with Gasteiger partial charge in [-0.05, 0) is 48.7 Å². The van der Waals surface area contributed by atoms with Crippen LogP contribution in [0.1, 0.15) is 42.6 Å². The molecular formula is C20H26N2O. The average Bonchev–Trinajstić information content (AvgIpc) is 2.56. The van der Waals surface area contributed by atoms with Gasteiger partial charge in [0.25, 0.3) is 0 Å². The molecule has 0 aliphatic rings. The van der Waals surface area contributed by atoms with Crippen LogP contribution in [0.5, 0.6) is 0 Å². The third-order valence-corrected chi connectivity index (χ3v) is 3.94. The number of carbonyl (C=O) groups is 1. The van der Waals surface area contributed by atoms with Crippen molar-refractivity contribution in [2.45, 2.75) is 33.2 Å². The maximum Gasteiger partial charge on any atom is 0.249 e. The summed E-state index contributed by atoms with van der Waals surface area (Å²) in [4.78, 5) is 14.0. The Bertz CT molecular complexity index is 628. The van der Waals surface area contributed by atoms with Gasteiger partial charge in [0.1, 0.15) is 0 Å². The van der Waals surface area contributed by atoms with Crippen LogP contribution in [-0.4, -0.2) is 23.9 Å². The summed E-state index contributed by atoms with van der Waals surface area (Å²) >= 11 is 0. The Morgan fingerprint density at radius 3 is 2.13 bits per heavy atom. The number of nitrogens with two attached hydrogens (primary N) is 1. The predicted octanol–water partition coefficient (Wildman–Crippen LogP) is 4.07. The molecule has 0 unspecified atom stereocenters. The summed E-state index contributed by atoms with van der Waals surface area (Å²) in [6.45, 7) is 7.65. The summed E-state index contributed by atoms with van der Waals surface area (Å²) in [5.41, 5.74) is 9.26. The summed E-state index contributed by atoms with van der Waals surface area (Å²) in [6, 6.07) is 15.9. The number of benzene rings is 2. The van der Waals surface area contributed by atoms with Gasteiger partial charge in [-0.15, -0.1) is 0 Å². The largest absolute Gasteiger partial charge is 0.366 e. The zero-order valence-corrected chi connectivity index (χ0v) is 14.1. The quantitative estimate of drug-likeness (QED) is 0.798. The molecule has 0 spiro atoms. The van der Waals surface area contributed by atoms with Crippen LogP contribution in [-0.2, 0) is 6.54 Å². The Morgan fingerprint density at radius 1 is 0.957 bits per heavy atom. The molecule has 1 amide bonds. The van der Waals surface area contributed by atoms with Crippen LogP contribution in [0.3, 0.4) is 0 Å². The lowest BCUT2D eigenvalue weighted by molar-refractivity contribution is 0.100. The fraction of sp³-hybridized carbons (Fsp3) is 0.350. The van der Waals surface area contributed by atoms with Crippen LogP contribution in [0.25, 0.3) is 11.1 Å². The molecule has 0 aliphatic carbocycles. The maximum absolute atomic E-state index is 11.6. The molecule has 23 heavy (non-hydrogen) atoms. The zero-order valence-electron chi connectivity index (χ0n) is 14.1. The Hall–Kier alpha value is -2.13. The molecule has 0 aromatic heterocycles. The van der Waals surface area contributed by atoms with Crippen LogP contribution >= 0.6 is 0 Å². The molecule has 0 aliphatic heterocycles. The SMILES string of the molecule is CCCN(CCC)Cc1ccc(-c2ccccc2C(N)=O)cc1. The maximum atomic E-state index is 11.6. The van der Waals surface area contributed by atoms with E-state index in [0.717, 1.165) is 30.8 Å². The monoisotopic (exact) mass is 310 g/mol. The number of rotatable bonds is 8. The number of carbonyl (C=O) groups excluding carboxylic acids is 1. The van der Waals surface area contributed by atoms with E-state index >= 15 is 0 Å². The molecule has 0 saturated carbocycles. The van der Waals surface area contributed by atoms with Crippen LogP contribution in [0.4, 0.5) is 0 Å². The van der Waals surface area contributed by atoms with Crippen LogP contribution < -0.4 is 5.73 Å². The van der Waals surface area contributed by atoms with E-state index in [2.05, 4.69) is 43.0 Å². The van der Waals surface area contributed by atoms with E-state index in [4.69, 9.17) is 5.73 Å². The molecule has 2 N–H and O–H groups in total. The molecule has 0 fully saturated rings. The Morgan fingerprint density at radius 2 is 1.57 bits per heavy atom. The number of primary amides is 1. The van der Waals surface area contributed by atoms with Gasteiger partial charge in [-0.1, -0.05) is 56.3 Å². The lowest BCUT2D eigenvalue weighted by Gasteiger charge is -2.21. The second-order valence-electron chi connectivity index (χ2n) is 5.88. The van der Waals surface area contributed by atoms with E-state index in [1.54, 1.807) is 6.07 Å². The van der Waals surface area contributed by atoms with Crippen molar-refractivity contribution < 1.29 is 4.79 Å². The van der Waals surface area contributed by atoms with Crippen LogP contribution in [0.15, 0.2) is 48.5 Å². The minimum Gasteiger partial charge on any atom is -0.366 e. The highest BCUT2D eigenvalue weighted by molar-refractivity contribution is 5.99. The van der Waals surface area contributed by atoms with Crippen molar-refractivity contribution in [2.24, 2.45) is 5.73 Å². The normalized spacial score (nSPS) is 10.9. The van der Waals surface area contributed by atoms with Crippen molar-refractivity contribution in [1.29, 1.82) is 0 Å². The molecule has 0 radical (unpaired) electrons. The second-order valence-corrected chi connectivity index (χ2v) is 5.88. The first-order valence-electron chi connectivity index (χ1n) is 8.36. The molecule has 0 bridgehead atoms. The molecule has 0 saturated heterocycles. The highest BCUT2D eigenvalue weighted by Crippen LogP contribution is 2.24. The van der Waals surface area contributed by atoms with E-state index in [-0.39, 0.29) is 5.91 Å². The third-order valence-electron chi connectivity index (χ3n) is 3.94. The van der Waals surface area contributed by atoms with Gasteiger partial charge < -0.3 is 5.73 Å². The third kappa shape index (κ3) is 4.67. The molecule has 0 atom stereocenters. The van der Waals surface area contributed by atoms with Gasteiger partial charge in [-0.25, -0.2) is 0 Å². The topological polar surface area (TPSA) is 46.3 Å². The van der Waals surface area contributed by atoms with Gasteiger partial charge in [-0.2, -0.15) is 0 Å². The van der Waals surface area contributed by atoms with Crippen molar-refractivity contribution >= 4 is 5.91 Å². The first-order valence-corrected chi connectivity index (χ1v) is 8.36. The van der Waals surface area contributed by atoms with Crippen molar-refractivity contribution in [1.82, 2.24) is 4.90 Å². The number of amides is 1. The Labute approximate surface area is 139 Å². The first kappa shape index (κ1) is 17.2. The average molecular weight is 310 g/mol. The van der Waals surface area contributed by atoms with E-state index < -0.39 is 0 Å². The second kappa shape index (κ2) is 8.49. The van der Waals surface area contributed by atoms with Crippen LogP contribution in [0.2, 0.25) is 0 Å². The van der Waals surface area contributed by atoms with Gasteiger partial charge in [0, 0.05) is 12.1 Å². The number of hydrogen-bond acceptors (Lipinski definition) is 2. The van der Waals surface area contributed by atoms with Gasteiger partial charge in [-0.3, -0.25) is 9.69 Å². The Balaban J connectivity index is 2.18. The minimum atomic E-state index is -0.387. The molecule has 3 nitrogen and oxygen atoms in total. The van der Waals surface area contributed by atoms with Gasteiger partial charge in [0.05, 0.1) is 0 Å². The fourth-order valence-electron chi connectivity index (χ4n) is 2.90. The molecule has 2 aromatic carbocycles. The van der Waals surface area contributed by atoms with Gasteiger partial charge >= 0.3 is 0 Å². The number of hydrogen-bond donors (Lipinski definition) is 1. The fourth-order valence-corrected chi connectivity index (χ4v) is 2.90. The van der Waals surface area contributed by atoms with Crippen molar-refractivity contribution in [3.63, 3.8) is 0 Å². The summed E-state index contributed by atoms with van der Waals surface area (Å²) in [5.74, 6) is -0.387. The first-order chi connectivity index (χ1) is 11.2. The van der Waals surface area contributed by atoms with Gasteiger partial charge in [0.15, 0.2) is 0 Å². The van der Waals surface area contributed by atoms with E-state index in [9.17, 15) is 4.79 Å². The standard InChI is InChI=1S/C20H26N2O/c1-3-13-22(14-4-2)15-16-9-11-17(12-10-16)18-7-5-6-8-19(18)20(21)23/h5-12H,3-4,13-15H2,1-2H3,(H2,21,23). The molecular weight excluding hydrogens is 284 g/mol. The zero-order chi connectivity index (χ0) is 16.7. The Kier molecular flexibility index (Phi) is 6.36. The smallest absolute Gasteiger partial charge is 0.249 e. The van der Waals surface area contributed by atoms with Crippen molar-refractivity contribution in [3.05, 3.63) is 59.7 Å². The lowest BCUT2D eigenvalue weighted by Crippen LogP contribution is -2.24. The van der Waals surface area contributed by atoms with E-state index in [0.29, 0.717) is 5.56 Å². The van der Waals surface area contributed by atoms with E-state index in [1.165, 1.54) is 18.4 Å². The van der Waals surface area contributed by atoms with Crippen LogP contribution in [0, 0.1) is 0 Å². The summed E-state index contributed by atoms with van der Waals surface area (Å²) in [6.07, 6.45) is 2.34. The summed E-state index contributed by atoms with van der Waals surface area (Å²) in [7, 11) is 0. The molecule has 3 heteroatoms. The molecule has 122 valence electrons. The number of nitrogens with zero attached hydrogens (tertiary/aromatic N) is 1. The summed E-state index contributed by atoms with van der Waals surface area (Å²) < 4.78 is 0. The lowest BCUT2D eigenvalue weighted by atomic mass is 9.98. The predicted molar refractivity (Wildman–Crippen MR) is 96.3 cm³/mol. The molecule has 0 heterocycles. The van der Waals surface area contributed by atoms with E-state index in [1.807, 2.05) is 18.2 Å². The molecule has 2 aromatic rings. The van der Waals surface area contributed by atoms with Crippen molar-refractivity contribution in [3.8, 4) is 11.1 Å². The minimum absolute atomic E-state index is 0.387. The van der Waals surface area contributed by atoms with Crippen molar-refractivity contribution in [2.75, 3.05) is 13.1 Å². The molecule has 2 rings (SSSR count). The highest BCUT2D eigenvalue weighted by atomic mass is 16.1. The highest BCUT2D eigenvalue weighted by Gasteiger charge is 2.09.